The third-order valence-electron chi connectivity index (χ3n) is 3.40. The van der Waals surface area contributed by atoms with Gasteiger partial charge in [-0.15, -0.1) is 0 Å². The third-order valence-corrected chi connectivity index (χ3v) is 3.40. The van der Waals surface area contributed by atoms with Gasteiger partial charge in [0.05, 0.1) is 12.5 Å². The lowest BCUT2D eigenvalue weighted by Crippen LogP contribution is -2.41. The summed E-state index contributed by atoms with van der Waals surface area (Å²) >= 11 is 0. The van der Waals surface area contributed by atoms with Gasteiger partial charge in [-0.1, -0.05) is 0 Å². The number of hydrogen-bond acceptors (Lipinski definition) is 4. The molecule has 0 radical (unpaired) electrons. The summed E-state index contributed by atoms with van der Waals surface area (Å²) in [5, 5.41) is 11.5. The van der Waals surface area contributed by atoms with Crippen LogP contribution in [0.1, 0.15) is 25.7 Å². The van der Waals surface area contributed by atoms with Crippen LogP contribution in [0.3, 0.4) is 0 Å². The second kappa shape index (κ2) is 4.73. The number of rotatable bonds is 3. The Morgan fingerprint density at radius 3 is 2.47 bits per heavy atom. The first-order valence-electron chi connectivity index (χ1n) is 5.77. The van der Waals surface area contributed by atoms with Gasteiger partial charge >= 0.3 is 11.9 Å². The molecule has 1 heterocycles. The van der Waals surface area contributed by atoms with Crippen LogP contribution in [-0.4, -0.2) is 35.6 Å². The summed E-state index contributed by atoms with van der Waals surface area (Å²) in [6, 6.07) is -0.550. The minimum absolute atomic E-state index is 0.224. The van der Waals surface area contributed by atoms with Crippen LogP contribution in [0.4, 0.5) is 0 Å². The Kier molecular flexibility index (Phi) is 3.31. The van der Waals surface area contributed by atoms with Crippen LogP contribution in [0.25, 0.3) is 0 Å². The van der Waals surface area contributed by atoms with E-state index in [-0.39, 0.29) is 11.8 Å². The zero-order valence-electron chi connectivity index (χ0n) is 9.35. The molecule has 1 amide bonds. The van der Waals surface area contributed by atoms with Crippen LogP contribution < -0.4 is 5.32 Å². The van der Waals surface area contributed by atoms with E-state index in [1.54, 1.807) is 0 Å². The Labute approximate surface area is 98.3 Å². The van der Waals surface area contributed by atoms with Crippen molar-refractivity contribution in [2.75, 3.05) is 6.61 Å². The van der Waals surface area contributed by atoms with Crippen molar-refractivity contribution in [2.45, 2.75) is 31.7 Å². The van der Waals surface area contributed by atoms with Gasteiger partial charge in [-0.25, -0.2) is 4.79 Å². The van der Waals surface area contributed by atoms with Crippen molar-refractivity contribution in [1.29, 1.82) is 0 Å². The number of carbonyl (C=O) groups is 3. The monoisotopic (exact) mass is 241 g/mol. The molecule has 6 heteroatoms. The highest BCUT2D eigenvalue weighted by molar-refractivity contribution is 5.87. The molecule has 0 aromatic heterocycles. The van der Waals surface area contributed by atoms with E-state index in [1.807, 2.05) is 0 Å². The van der Waals surface area contributed by atoms with Crippen molar-refractivity contribution in [1.82, 2.24) is 5.32 Å². The standard InChI is InChI=1S/C11H15NO5/c13-9(12-8-3-4-17-11(8)16)6-1-2-7(5-6)10(14)15/h6-8H,1-5H2,(H,12,13)(H,14,15)/t6-,7+,8?/m1/s1. The average molecular weight is 241 g/mol. The molecule has 2 fully saturated rings. The topological polar surface area (TPSA) is 92.7 Å². The molecule has 1 aliphatic carbocycles. The lowest BCUT2D eigenvalue weighted by molar-refractivity contribution is -0.143. The SMILES string of the molecule is O=C1OCCC1NC(=O)[C@@H]1CC[C@H](C(=O)O)C1. The minimum atomic E-state index is -0.847. The molecule has 6 nitrogen and oxygen atoms in total. The first kappa shape index (κ1) is 11.9. The fourth-order valence-electron chi connectivity index (χ4n) is 2.36. The van der Waals surface area contributed by atoms with Gasteiger partial charge in [0.15, 0.2) is 0 Å². The van der Waals surface area contributed by atoms with Crippen molar-refractivity contribution in [3.05, 3.63) is 0 Å². The summed E-state index contributed by atoms with van der Waals surface area (Å²) in [4.78, 5) is 33.7. The van der Waals surface area contributed by atoms with Gasteiger partial charge in [0, 0.05) is 12.3 Å². The summed E-state index contributed by atoms with van der Waals surface area (Å²) in [6.45, 7) is 0.339. The molecule has 17 heavy (non-hydrogen) atoms. The largest absolute Gasteiger partial charge is 0.481 e. The highest BCUT2D eigenvalue weighted by Gasteiger charge is 2.36. The van der Waals surface area contributed by atoms with E-state index in [2.05, 4.69) is 5.32 Å². The molecule has 0 spiro atoms. The molecular formula is C11H15NO5. The molecule has 0 bridgehead atoms. The number of carboxylic acids is 1. The number of cyclic esters (lactones) is 1. The number of carbonyl (C=O) groups excluding carboxylic acids is 2. The van der Waals surface area contributed by atoms with Crippen LogP contribution >= 0.6 is 0 Å². The smallest absolute Gasteiger partial charge is 0.328 e. The third kappa shape index (κ3) is 2.57. The number of ether oxygens (including phenoxy) is 1. The van der Waals surface area contributed by atoms with E-state index in [0.29, 0.717) is 32.3 Å². The maximum atomic E-state index is 11.8. The van der Waals surface area contributed by atoms with Gasteiger partial charge < -0.3 is 15.2 Å². The van der Waals surface area contributed by atoms with Crippen molar-refractivity contribution in [3.63, 3.8) is 0 Å². The maximum absolute atomic E-state index is 11.8. The molecule has 0 aromatic rings. The highest BCUT2D eigenvalue weighted by atomic mass is 16.5. The van der Waals surface area contributed by atoms with Crippen molar-refractivity contribution in [3.8, 4) is 0 Å². The Hall–Kier alpha value is -1.59. The molecule has 94 valence electrons. The molecule has 0 aromatic carbocycles. The van der Waals surface area contributed by atoms with E-state index in [4.69, 9.17) is 9.84 Å². The second-order valence-electron chi connectivity index (χ2n) is 4.56. The van der Waals surface area contributed by atoms with Crippen molar-refractivity contribution in [2.24, 2.45) is 11.8 Å². The first-order valence-corrected chi connectivity index (χ1v) is 5.77. The fourth-order valence-corrected chi connectivity index (χ4v) is 2.36. The van der Waals surface area contributed by atoms with Gasteiger partial charge in [-0.3, -0.25) is 9.59 Å². The number of hydrogen-bond donors (Lipinski definition) is 2. The van der Waals surface area contributed by atoms with Gasteiger partial charge in [0.2, 0.25) is 5.91 Å². The predicted molar refractivity (Wildman–Crippen MR) is 56.0 cm³/mol. The zero-order valence-corrected chi connectivity index (χ0v) is 9.35. The minimum Gasteiger partial charge on any atom is -0.481 e. The lowest BCUT2D eigenvalue weighted by Gasteiger charge is -2.13. The lowest BCUT2D eigenvalue weighted by atomic mass is 10.0. The van der Waals surface area contributed by atoms with E-state index in [9.17, 15) is 14.4 Å². The molecule has 2 rings (SSSR count). The molecule has 3 atom stereocenters. The van der Waals surface area contributed by atoms with Crippen LogP contribution in [-0.2, 0) is 19.1 Å². The molecule has 1 saturated carbocycles. The van der Waals surface area contributed by atoms with Gasteiger partial charge in [-0.2, -0.15) is 0 Å². The first-order chi connectivity index (χ1) is 8.08. The number of esters is 1. The quantitative estimate of drug-likeness (QED) is 0.674. The Morgan fingerprint density at radius 1 is 1.24 bits per heavy atom. The Bertz CT molecular complexity index is 354. The molecule has 1 saturated heterocycles. The number of aliphatic carboxylic acids is 1. The van der Waals surface area contributed by atoms with E-state index in [0.717, 1.165) is 0 Å². The van der Waals surface area contributed by atoms with Gasteiger partial charge in [0.1, 0.15) is 6.04 Å². The van der Waals surface area contributed by atoms with Gasteiger partial charge in [-0.05, 0) is 19.3 Å². The molecule has 1 unspecified atom stereocenters. The molecule has 2 aliphatic rings. The Balaban J connectivity index is 1.85. The molecule has 2 N–H and O–H groups in total. The van der Waals surface area contributed by atoms with Crippen molar-refractivity contribution < 1.29 is 24.2 Å². The summed E-state index contributed by atoms with van der Waals surface area (Å²) in [7, 11) is 0. The van der Waals surface area contributed by atoms with E-state index >= 15 is 0 Å². The van der Waals surface area contributed by atoms with Crippen LogP contribution in [0, 0.1) is 11.8 Å². The predicted octanol–water partition coefficient (Wildman–Crippen LogP) is -0.0810. The summed E-state index contributed by atoms with van der Waals surface area (Å²) in [6.07, 6.45) is 1.97. The number of carboxylic acid groups (broad SMARTS) is 1. The maximum Gasteiger partial charge on any atom is 0.328 e. The van der Waals surface area contributed by atoms with E-state index < -0.39 is 23.9 Å². The summed E-state index contributed by atoms with van der Waals surface area (Å²) in [5.41, 5.74) is 0. The van der Waals surface area contributed by atoms with Gasteiger partial charge in [0.25, 0.3) is 0 Å². The Morgan fingerprint density at radius 2 is 1.94 bits per heavy atom. The van der Waals surface area contributed by atoms with Crippen LogP contribution in [0.15, 0.2) is 0 Å². The molecular weight excluding hydrogens is 226 g/mol. The highest BCUT2D eigenvalue weighted by Crippen LogP contribution is 2.31. The van der Waals surface area contributed by atoms with E-state index in [1.165, 1.54) is 0 Å². The van der Waals surface area contributed by atoms with Crippen molar-refractivity contribution >= 4 is 17.8 Å². The summed E-state index contributed by atoms with van der Waals surface area (Å²) in [5.74, 6) is -2.19. The molecule has 1 aliphatic heterocycles. The van der Waals surface area contributed by atoms with Crippen LogP contribution in [0.2, 0.25) is 0 Å². The second-order valence-corrected chi connectivity index (χ2v) is 4.56. The average Bonchev–Trinajstić information content (AvgIpc) is 2.88. The zero-order chi connectivity index (χ0) is 12.4. The summed E-state index contributed by atoms with van der Waals surface area (Å²) < 4.78 is 4.74. The fraction of sp³-hybridized carbons (Fsp3) is 0.727. The number of amides is 1. The van der Waals surface area contributed by atoms with Crippen LogP contribution in [0.5, 0.6) is 0 Å². The number of nitrogens with one attached hydrogen (secondary N) is 1. The normalized spacial score (nSPS) is 32.2.